The zero-order valence-electron chi connectivity index (χ0n) is 12.0. The van der Waals surface area contributed by atoms with Gasteiger partial charge in [0.1, 0.15) is 18.8 Å². The Hall–Kier alpha value is -2.31. The molecule has 114 valence electrons. The summed E-state index contributed by atoms with van der Waals surface area (Å²) in [5, 5.41) is 13.9. The van der Waals surface area contributed by atoms with Gasteiger partial charge in [-0.3, -0.25) is 14.9 Å². The van der Waals surface area contributed by atoms with E-state index in [1.54, 1.807) is 0 Å². The molecule has 1 N–H and O–H groups in total. The Labute approximate surface area is 122 Å². The highest BCUT2D eigenvalue weighted by molar-refractivity contribution is 5.99. The van der Waals surface area contributed by atoms with Crippen molar-refractivity contribution >= 4 is 11.6 Å². The molecule has 0 unspecified atom stereocenters. The van der Waals surface area contributed by atoms with Gasteiger partial charge in [0.15, 0.2) is 11.5 Å². The third-order valence-electron chi connectivity index (χ3n) is 3.20. The van der Waals surface area contributed by atoms with Crippen LogP contribution in [-0.2, 0) is 0 Å². The van der Waals surface area contributed by atoms with E-state index in [0.717, 1.165) is 12.8 Å². The van der Waals surface area contributed by atoms with Crippen LogP contribution < -0.4 is 14.8 Å². The summed E-state index contributed by atoms with van der Waals surface area (Å²) in [6.07, 6.45) is 1.73. The van der Waals surface area contributed by atoms with E-state index < -0.39 is 10.8 Å². The topological polar surface area (TPSA) is 90.7 Å². The van der Waals surface area contributed by atoms with Crippen molar-refractivity contribution in [3.05, 3.63) is 27.8 Å². The van der Waals surface area contributed by atoms with E-state index in [9.17, 15) is 14.9 Å². The lowest BCUT2D eigenvalue weighted by Gasteiger charge is -2.19. The first-order valence-electron chi connectivity index (χ1n) is 6.91. The van der Waals surface area contributed by atoms with Crippen molar-refractivity contribution in [1.29, 1.82) is 0 Å². The lowest BCUT2D eigenvalue weighted by molar-refractivity contribution is -0.385. The molecular formula is C14H18N2O5. The van der Waals surface area contributed by atoms with Crippen LogP contribution in [0.25, 0.3) is 0 Å². The van der Waals surface area contributed by atoms with Gasteiger partial charge in [0.05, 0.1) is 11.0 Å². The third kappa shape index (κ3) is 3.42. The fourth-order valence-electron chi connectivity index (χ4n) is 2.22. The number of fused-ring (bicyclic) bond motifs is 1. The molecule has 2 rings (SSSR count). The number of benzene rings is 1. The number of nitrogens with one attached hydrogen (secondary N) is 1. The fraction of sp³-hybridized carbons (Fsp3) is 0.500. The van der Waals surface area contributed by atoms with Crippen molar-refractivity contribution in [3.63, 3.8) is 0 Å². The number of amides is 1. The number of rotatable bonds is 5. The second-order valence-corrected chi connectivity index (χ2v) is 4.93. The maximum atomic E-state index is 12.2. The summed E-state index contributed by atoms with van der Waals surface area (Å²) in [6, 6.07) is 2.57. The lowest BCUT2D eigenvalue weighted by atomic mass is 10.1. The average Bonchev–Trinajstić information content (AvgIpc) is 2.45. The molecule has 21 heavy (non-hydrogen) atoms. The summed E-state index contributed by atoms with van der Waals surface area (Å²) >= 11 is 0. The van der Waals surface area contributed by atoms with E-state index in [1.165, 1.54) is 12.1 Å². The zero-order chi connectivity index (χ0) is 15.4. The summed E-state index contributed by atoms with van der Waals surface area (Å²) in [7, 11) is 0. The number of hydrogen-bond donors (Lipinski definition) is 1. The molecule has 0 radical (unpaired) electrons. The molecule has 0 aliphatic carbocycles. The van der Waals surface area contributed by atoms with Gasteiger partial charge in [0, 0.05) is 12.1 Å². The van der Waals surface area contributed by atoms with E-state index in [4.69, 9.17) is 9.47 Å². The third-order valence-corrected chi connectivity index (χ3v) is 3.20. The van der Waals surface area contributed by atoms with Crippen LogP contribution in [0.15, 0.2) is 12.1 Å². The molecule has 1 heterocycles. The number of carbonyl (C=O) groups is 1. The molecule has 1 aliphatic rings. The molecular weight excluding hydrogens is 276 g/mol. The van der Waals surface area contributed by atoms with Gasteiger partial charge in [-0.05, 0) is 13.3 Å². The number of hydrogen-bond acceptors (Lipinski definition) is 5. The van der Waals surface area contributed by atoms with Gasteiger partial charge in [-0.25, -0.2) is 0 Å². The average molecular weight is 294 g/mol. The van der Waals surface area contributed by atoms with E-state index >= 15 is 0 Å². The Morgan fingerprint density at radius 2 is 2.00 bits per heavy atom. The standard InChI is InChI=1S/C14H18N2O5/c1-3-4-9(2)15-14(17)10-7-12-13(21-6-5-20-12)8-11(10)16(18)19/h7-9H,3-6H2,1-2H3,(H,15,17)/t9-/m0/s1. The Balaban J connectivity index is 2.32. The molecule has 0 saturated carbocycles. The SMILES string of the molecule is CCC[C@H](C)NC(=O)c1cc2c(cc1[N+](=O)[O-])OCCO2. The predicted octanol–water partition coefficient (Wildman–Crippen LogP) is 2.28. The zero-order valence-corrected chi connectivity index (χ0v) is 12.0. The second kappa shape index (κ2) is 6.43. The smallest absolute Gasteiger partial charge is 0.286 e. The van der Waals surface area contributed by atoms with E-state index in [0.29, 0.717) is 24.7 Å². The van der Waals surface area contributed by atoms with Crippen molar-refractivity contribution in [2.24, 2.45) is 0 Å². The molecule has 1 amide bonds. The van der Waals surface area contributed by atoms with Crippen LogP contribution in [0.5, 0.6) is 11.5 Å². The predicted molar refractivity (Wildman–Crippen MR) is 75.9 cm³/mol. The van der Waals surface area contributed by atoms with Crippen molar-refractivity contribution in [2.45, 2.75) is 32.7 Å². The van der Waals surface area contributed by atoms with Gasteiger partial charge in [-0.1, -0.05) is 13.3 Å². The van der Waals surface area contributed by atoms with Gasteiger partial charge in [0.2, 0.25) is 0 Å². The maximum Gasteiger partial charge on any atom is 0.286 e. The number of ether oxygens (including phenoxy) is 2. The largest absolute Gasteiger partial charge is 0.486 e. The monoisotopic (exact) mass is 294 g/mol. The Kier molecular flexibility index (Phi) is 4.62. The molecule has 0 fully saturated rings. The van der Waals surface area contributed by atoms with Crippen molar-refractivity contribution < 1.29 is 19.2 Å². The quantitative estimate of drug-likeness (QED) is 0.664. The summed E-state index contributed by atoms with van der Waals surface area (Å²) < 4.78 is 10.7. The highest BCUT2D eigenvalue weighted by Crippen LogP contribution is 2.36. The Bertz CT molecular complexity index is 559. The molecule has 7 nitrogen and oxygen atoms in total. The van der Waals surface area contributed by atoms with Crippen LogP contribution in [0.4, 0.5) is 5.69 Å². The normalized spacial score (nSPS) is 14.4. The van der Waals surface area contributed by atoms with Crippen molar-refractivity contribution in [2.75, 3.05) is 13.2 Å². The summed E-state index contributed by atoms with van der Waals surface area (Å²) in [5.41, 5.74) is -0.285. The van der Waals surface area contributed by atoms with Crippen LogP contribution in [0, 0.1) is 10.1 Å². The first kappa shape index (κ1) is 15.1. The molecule has 0 saturated heterocycles. The number of nitro benzene ring substituents is 1. The first-order valence-corrected chi connectivity index (χ1v) is 6.91. The lowest BCUT2D eigenvalue weighted by Crippen LogP contribution is -2.33. The number of carbonyl (C=O) groups excluding carboxylic acids is 1. The minimum absolute atomic E-state index is 0.00722. The van der Waals surface area contributed by atoms with E-state index in [-0.39, 0.29) is 17.3 Å². The van der Waals surface area contributed by atoms with Crippen LogP contribution in [0.3, 0.4) is 0 Å². The van der Waals surface area contributed by atoms with Gasteiger partial charge in [-0.15, -0.1) is 0 Å². The Morgan fingerprint density at radius 3 is 2.57 bits per heavy atom. The molecule has 1 aliphatic heterocycles. The number of nitrogens with zero attached hydrogens (tertiary/aromatic N) is 1. The van der Waals surface area contributed by atoms with Crippen LogP contribution in [-0.4, -0.2) is 30.1 Å². The van der Waals surface area contributed by atoms with E-state index in [1.807, 2.05) is 13.8 Å². The molecule has 1 aromatic rings. The van der Waals surface area contributed by atoms with Crippen LogP contribution in [0.2, 0.25) is 0 Å². The highest BCUT2D eigenvalue weighted by Gasteiger charge is 2.26. The minimum Gasteiger partial charge on any atom is -0.486 e. The second-order valence-electron chi connectivity index (χ2n) is 4.93. The van der Waals surface area contributed by atoms with Crippen LogP contribution >= 0.6 is 0 Å². The van der Waals surface area contributed by atoms with Crippen molar-refractivity contribution in [1.82, 2.24) is 5.32 Å². The van der Waals surface area contributed by atoms with Gasteiger partial charge >= 0.3 is 0 Å². The van der Waals surface area contributed by atoms with Gasteiger partial charge in [0.25, 0.3) is 11.6 Å². The van der Waals surface area contributed by atoms with Crippen LogP contribution in [0.1, 0.15) is 37.0 Å². The fourth-order valence-corrected chi connectivity index (χ4v) is 2.22. The molecule has 0 bridgehead atoms. The summed E-state index contributed by atoms with van der Waals surface area (Å²) in [5.74, 6) is 0.186. The minimum atomic E-state index is -0.586. The highest BCUT2D eigenvalue weighted by atomic mass is 16.6. The number of nitro groups is 1. The van der Waals surface area contributed by atoms with Crippen molar-refractivity contribution in [3.8, 4) is 11.5 Å². The Morgan fingerprint density at radius 1 is 1.38 bits per heavy atom. The molecule has 7 heteroatoms. The molecule has 1 aromatic carbocycles. The summed E-state index contributed by atoms with van der Waals surface area (Å²) in [6.45, 7) is 4.57. The first-order chi connectivity index (χ1) is 10.0. The maximum absolute atomic E-state index is 12.2. The molecule has 1 atom stereocenters. The summed E-state index contributed by atoms with van der Waals surface area (Å²) in [4.78, 5) is 22.8. The van der Waals surface area contributed by atoms with Gasteiger partial charge < -0.3 is 14.8 Å². The molecule has 0 aromatic heterocycles. The molecule has 0 spiro atoms. The van der Waals surface area contributed by atoms with E-state index in [2.05, 4.69) is 5.32 Å². The van der Waals surface area contributed by atoms with Gasteiger partial charge in [-0.2, -0.15) is 0 Å².